The van der Waals surface area contributed by atoms with Gasteiger partial charge >= 0.3 is 0 Å². The number of thiophene rings is 1. The Morgan fingerprint density at radius 3 is 2.82 bits per heavy atom. The summed E-state index contributed by atoms with van der Waals surface area (Å²) in [6.07, 6.45) is 3.97. The average molecular weight is 253 g/mol. The third-order valence-corrected chi connectivity index (χ3v) is 4.39. The Hall–Kier alpha value is -0.870. The Morgan fingerprint density at radius 2 is 2.29 bits per heavy atom. The lowest BCUT2D eigenvalue weighted by molar-refractivity contribution is -0.124. The maximum absolute atomic E-state index is 12.1. The predicted molar refractivity (Wildman–Crippen MR) is 69.2 cm³/mol. The summed E-state index contributed by atoms with van der Waals surface area (Å²) in [7, 11) is 0. The van der Waals surface area contributed by atoms with Crippen LogP contribution in [-0.2, 0) is 4.79 Å². The number of aliphatic hydroxyl groups excluding tert-OH is 1. The van der Waals surface area contributed by atoms with Gasteiger partial charge < -0.3 is 10.4 Å². The molecule has 94 valence electrons. The molecule has 1 heterocycles. The molecule has 1 amide bonds. The van der Waals surface area contributed by atoms with Crippen LogP contribution in [-0.4, -0.2) is 23.2 Å². The fourth-order valence-electron chi connectivity index (χ4n) is 2.42. The van der Waals surface area contributed by atoms with E-state index < -0.39 is 0 Å². The van der Waals surface area contributed by atoms with E-state index in [0.717, 1.165) is 31.2 Å². The van der Waals surface area contributed by atoms with E-state index in [2.05, 4.69) is 5.32 Å². The number of hydrogen-bond donors (Lipinski definition) is 2. The molecule has 1 atom stereocenters. The Kier molecular flexibility index (Phi) is 3.84. The molecule has 2 rings (SSSR count). The minimum Gasteiger partial charge on any atom is -0.394 e. The summed E-state index contributed by atoms with van der Waals surface area (Å²) in [6.45, 7) is 1.96. The fourth-order valence-corrected chi connectivity index (χ4v) is 3.17. The summed E-state index contributed by atoms with van der Waals surface area (Å²) in [4.78, 5) is 12.1. The standard InChI is InChI=1S/C13H19NO2S/c1-10(11-4-7-17-8-11)12(16)14-13(9-15)5-2-3-6-13/h4,7-8,10,15H,2-3,5-6,9H2,1H3,(H,14,16). The molecule has 0 spiro atoms. The molecular weight excluding hydrogens is 234 g/mol. The SMILES string of the molecule is CC(C(=O)NC1(CO)CCCC1)c1ccsc1. The Balaban J connectivity index is 2.01. The van der Waals surface area contributed by atoms with Crippen molar-refractivity contribution in [2.75, 3.05) is 6.61 Å². The minimum atomic E-state index is -0.360. The highest BCUT2D eigenvalue weighted by Gasteiger charge is 2.35. The van der Waals surface area contributed by atoms with Crippen LogP contribution in [0.5, 0.6) is 0 Å². The minimum absolute atomic E-state index is 0.0272. The van der Waals surface area contributed by atoms with E-state index in [9.17, 15) is 9.90 Å². The molecule has 1 aromatic rings. The van der Waals surface area contributed by atoms with E-state index in [1.165, 1.54) is 0 Å². The highest BCUT2D eigenvalue weighted by Crippen LogP contribution is 2.30. The Morgan fingerprint density at radius 1 is 1.59 bits per heavy atom. The second kappa shape index (κ2) is 5.19. The summed E-state index contributed by atoms with van der Waals surface area (Å²) in [5.41, 5.74) is 0.694. The van der Waals surface area contributed by atoms with Gasteiger partial charge in [-0.05, 0) is 42.2 Å². The molecule has 1 aliphatic rings. The Labute approximate surface area is 106 Å². The first-order chi connectivity index (χ1) is 8.17. The number of rotatable bonds is 4. The van der Waals surface area contributed by atoms with Gasteiger partial charge in [0.1, 0.15) is 0 Å². The van der Waals surface area contributed by atoms with Crippen molar-refractivity contribution < 1.29 is 9.90 Å². The molecule has 1 saturated carbocycles. The second-order valence-electron chi connectivity index (χ2n) is 4.91. The largest absolute Gasteiger partial charge is 0.394 e. The first-order valence-electron chi connectivity index (χ1n) is 6.12. The number of carbonyl (C=O) groups is 1. The van der Waals surface area contributed by atoms with Gasteiger partial charge in [-0.2, -0.15) is 11.3 Å². The molecule has 1 unspecified atom stereocenters. The number of nitrogens with one attached hydrogen (secondary N) is 1. The van der Waals surface area contributed by atoms with Gasteiger partial charge in [-0.1, -0.05) is 12.8 Å². The summed E-state index contributed by atoms with van der Waals surface area (Å²) in [5.74, 6) is -0.107. The van der Waals surface area contributed by atoms with Crippen molar-refractivity contribution in [3.05, 3.63) is 22.4 Å². The number of hydrogen-bond acceptors (Lipinski definition) is 3. The lowest BCUT2D eigenvalue weighted by Crippen LogP contribution is -2.50. The van der Waals surface area contributed by atoms with Gasteiger partial charge in [-0.3, -0.25) is 4.79 Å². The molecule has 0 bridgehead atoms. The summed E-state index contributed by atoms with van der Waals surface area (Å²) < 4.78 is 0. The quantitative estimate of drug-likeness (QED) is 0.865. The van der Waals surface area contributed by atoms with Crippen molar-refractivity contribution in [3.8, 4) is 0 Å². The normalized spacial score (nSPS) is 20.1. The average Bonchev–Trinajstić information content (AvgIpc) is 2.99. The summed E-state index contributed by atoms with van der Waals surface area (Å²) in [6, 6.07) is 1.98. The first kappa shape index (κ1) is 12.6. The monoisotopic (exact) mass is 253 g/mol. The molecular formula is C13H19NO2S. The second-order valence-corrected chi connectivity index (χ2v) is 5.69. The van der Waals surface area contributed by atoms with E-state index in [-0.39, 0.29) is 24.0 Å². The zero-order valence-corrected chi connectivity index (χ0v) is 10.9. The van der Waals surface area contributed by atoms with Crippen LogP contribution < -0.4 is 5.32 Å². The Bertz CT molecular complexity index is 369. The lowest BCUT2D eigenvalue weighted by Gasteiger charge is -2.29. The zero-order valence-electron chi connectivity index (χ0n) is 10.1. The van der Waals surface area contributed by atoms with Crippen LogP contribution in [0.2, 0.25) is 0 Å². The molecule has 0 aliphatic heterocycles. The first-order valence-corrected chi connectivity index (χ1v) is 7.06. The van der Waals surface area contributed by atoms with Gasteiger partial charge in [0.05, 0.1) is 18.1 Å². The van der Waals surface area contributed by atoms with Crippen molar-refractivity contribution >= 4 is 17.2 Å². The maximum Gasteiger partial charge on any atom is 0.227 e. The van der Waals surface area contributed by atoms with Gasteiger partial charge in [0.25, 0.3) is 0 Å². The highest BCUT2D eigenvalue weighted by molar-refractivity contribution is 7.08. The van der Waals surface area contributed by atoms with Crippen LogP contribution in [0, 0.1) is 0 Å². The molecule has 0 aromatic carbocycles. The number of carbonyl (C=O) groups excluding carboxylic acids is 1. The molecule has 0 saturated heterocycles. The van der Waals surface area contributed by atoms with Crippen molar-refractivity contribution in [1.82, 2.24) is 5.32 Å². The number of aliphatic hydroxyl groups is 1. The van der Waals surface area contributed by atoms with E-state index in [4.69, 9.17) is 0 Å². The molecule has 4 heteroatoms. The highest BCUT2D eigenvalue weighted by atomic mass is 32.1. The van der Waals surface area contributed by atoms with Crippen molar-refractivity contribution in [2.45, 2.75) is 44.1 Å². The van der Waals surface area contributed by atoms with Crippen LogP contribution in [0.4, 0.5) is 0 Å². The van der Waals surface area contributed by atoms with Gasteiger partial charge in [-0.15, -0.1) is 0 Å². The van der Waals surface area contributed by atoms with Crippen LogP contribution in [0.25, 0.3) is 0 Å². The van der Waals surface area contributed by atoms with E-state index >= 15 is 0 Å². The van der Waals surface area contributed by atoms with Crippen molar-refractivity contribution in [3.63, 3.8) is 0 Å². The van der Waals surface area contributed by atoms with Crippen molar-refractivity contribution in [2.24, 2.45) is 0 Å². The third-order valence-electron chi connectivity index (χ3n) is 3.69. The van der Waals surface area contributed by atoms with Crippen LogP contribution in [0.3, 0.4) is 0 Å². The number of amides is 1. The molecule has 1 aromatic heterocycles. The van der Waals surface area contributed by atoms with Crippen LogP contribution in [0.15, 0.2) is 16.8 Å². The van der Waals surface area contributed by atoms with E-state index in [1.807, 2.05) is 23.8 Å². The van der Waals surface area contributed by atoms with Gasteiger partial charge in [-0.25, -0.2) is 0 Å². The molecule has 2 N–H and O–H groups in total. The van der Waals surface area contributed by atoms with Crippen LogP contribution >= 0.6 is 11.3 Å². The third kappa shape index (κ3) is 2.69. The molecule has 17 heavy (non-hydrogen) atoms. The van der Waals surface area contributed by atoms with Crippen molar-refractivity contribution in [1.29, 1.82) is 0 Å². The van der Waals surface area contributed by atoms with E-state index in [1.54, 1.807) is 11.3 Å². The molecule has 3 nitrogen and oxygen atoms in total. The lowest BCUT2D eigenvalue weighted by atomic mass is 9.96. The smallest absolute Gasteiger partial charge is 0.227 e. The molecule has 1 aliphatic carbocycles. The maximum atomic E-state index is 12.1. The molecule has 1 fully saturated rings. The van der Waals surface area contributed by atoms with Gasteiger partial charge in [0, 0.05) is 0 Å². The summed E-state index contributed by atoms with van der Waals surface area (Å²) in [5, 5.41) is 16.5. The zero-order chi connectivity index (χ0) is 12.3. The van der Waals surface area contributed by atoms with Gasteiger partial charge in [0.2, 0.25) is 5.91 Å². The summed E-state index contributed by atoms with van der Waals surface area (Å²) >= 11 is 1.60. The topological polar surface area (TPSA) is 49.3 Å². The van der Waals surface area contributed by atoms with Gasteiger partial charge in [0.15, 0.2) is 0 Å². The van der Waals surface area contributed by atoms with E-state index in [0.29, 0.717) is 0 Å². The molecule has 0 radical (unpaired) electrons. The van der Waals surface area contributed by atoms with Crippen LogP contribution in [0.1, 0.15) is 44.1 Å². The fraction of sp³-hybridized carbons (Fsp3) is 0.615. The predicted octanol–water partition coefficient (Wildman–Crippen LogP) is 2.27.